The summed E-state index contributed by atoms with van der Waals surface area (Å²) in [5, 5.41) is 1.68. The summed E-state index contributed by atoms with van der Waals surface area (Å²) < 4.78 is 4.97. The van der Waals surface area contributed by atoms with Crippen LogP contribution in [0.1, 0.15) is 11.8 Å². The van der Waals surface area contributed by atoms with Crippen molar-refractivity contribution in [1.29, 1.82) is 0 Å². The van der Waals surface area contributed by atoms with E-state index in [1.807, 2.05) is 17.5 Å². The summed E-state index contributed by atoms with van der Waals surface area (Å²) in [6.07, 6.45) is 0.796. The van der Waals surface area contributed by atoms with E-state index in [9.17, 15) is 4.79 Å². The lowest BCUT2D eigenvalue weighted by Gasteiger charge is -2.04. The molecule has 0 N–H and O–H groups in total. The van der Waals surface area contributed by atoms with Crippen molar-refractivity contribution < 1.29 is 9.53 Å². The van der Waals surface area contributed by atoms with Crippen molar-refractivity contribution in [3.8, 4) is 0 Å². The van der Waals surface area contributed by atoms with E-state index >= 15 is 0 Å². The average molecular weight is 216 g/mol. The predicted octanol–water partition coefficient (Wildman–Crippen LogP) is 2.15. The average Bonchev–Trinajstić information content (AvgIpc) is 2.56. The molecule has 1 rings (SSSR count). The third kappa shape index (κ3) is 3.83. The van der Waals surface area contributed by atoms with Gasteiger partial charge in [0.25, 0.3) is 0 Å². The van der Waals surface area contributed by atoms with Crippen LogP contribution in [0, 0.1) is 0 Å². The Morgan fingerprint density at radius 2 is 2.54 bits per heavy atom. The summed E-state index contributed by atoms with van der Waals surface area (Å²) >= 11 is 5.64. The maximum absolute atomic E-state index is 11.0. The summed E-state index contributed by atoms with van der Waals surface area (Å²) in [6.45, 7) is 2.15. The van der Waals surface area contributed by atoms with E-state index in [1.54, 1.807) is 18.3 Å². The number of carbonyl (C=O) groups excluding carboxylic acids is 1. The van der Waals surface area contributed by atoms with Gasteiger partial charge in [0.2, 0.25) is 0 Å². The van der Waals surface area contributed by atoms with Gasteiger partial charge >= 0.3 is 5.97 Å². The molecule has 4 heteroatoms. The van der Waals surface area contributed by atoms with Gasteiger partial charge in [0.1, 0.15) is 0 Å². The SMILES string of the molecule is CC(S)C(=O)OCCc1cccs1. The highest BCUT2D eigenvalue weighted by Crippen LogP contribution is 2.09. The lowest BCUT2D eigenvalue weighted by atomic mass is 10.4. The van der Waals surface area contributed by atoms with Crippen LogP contribution in [-0.4, -0.2) is 17.8 Å². The van der Waals surface area contributed by atoms with Crippen molar-refractivity contribution in [2.24, 2.45) is 0 Å². The van der Waals surface area contributed by atoms with Crippen LogP contribution >= 0.6 is 24.0 Å². The van der Waals surface area contributed by atoms with Crippen LogP contribution in [-0.2, 0) is 16.0 Å². The fourth-order valence-electron chi connectivity index (χ4n) is 0.828. The molecule has 0 saturated carbocycles. The highest BCUT2D eigenvalue weighted by Gasteiger charge is 2.08. The lowest BCUT2D eigenvalue weighted by molar-refractivity contribution is -0.142. The third-order valence-electron chi connectivity index (χ3n) is 1.51. The second kappa shape index (κ2) is 5.29. The Bertz CT molecular complexity index is 255. The molecule has 0 aliphatic carbocycles. The Hall–Kier alpha value is -0.480. The van der Waals surface area contributed by atoms with Crippen molar-refractivity contribution in [2.45, 2.75) is 18.6 Å². The quantitative estimate of drug-likeness (QED) is 0.616. The minimum Gasteiger partial charge on any atom is -0.464 e. The maximum Gasteiger partial charge on any atom is 0.318 e. The zero-order chi connectivity index (χ0) is 9.68. The number of esters is 1. The van der Waals surface area contributed by atoms with Gasteiger partial charge < -0.3 is 4.74 Å². The Labute approximate surface area is 87.3 Å². The van der Waals surface area contributed by atoms with Crippen molar-refractivity contribution in [1.82, 2.24) is 0 Å². The van der Waals surface area contributed by atoms with E-state index in [2.05, 4.69) is 12.6 Å². The van der Waals surface area contributed by atoms with Gasteiger partial charge in [-0.25, -0.2) is 0 Å². The topological polar surface area (TPSA) is 26.3 Å². The first-order chi connectivity index (χ1) is 6.20. The molecule has 0 bridgehead atoms. The third-order valence-corrected chi connectivity index (χ3v) is 2.66. The maximum atomic E-state index is 11.0. The van der Waals surface area contributed by atoms with Crippen LogP contribution in [0.4, 0.5) is 0 Å². The molecule has 2 nitrogen and oxygen atoms in total. The van der Waals surface area contributed by atoms with Gasteiger partial charge in [-0.2, -0.15) is 12.6 Å². The Morgan fingerprint density at radius 1 is 1.77 bits per heavy atom. The van der Waals surface area contributed by atoms with Crippen molar-refractivity contribution >= 4 is 29.9 Å². The molecular formula is C9H12O2S2. The van der Waals surface area contributed by atoms with E-state index in [1.165, 1.54) is 4.88 Å². The Kier molecular flexibility index (Phi) is 4.32. The smallest absolute Gasteiger partial charge is 0.318 e. The number of thiol groups is 1. The zero-order valence-electron chi connectivity index (χ0n) is 7.40. The van der Waals surface area contributed by atoms with Crippen LogP contribution in [0.15, 0.2) is 17.5 Å². The van der Waals surface area contributed by atoms with Gasteiger partial charge in [-0.3, -0.25) is 4.79 Å². The van der Waals surface area contributed by atoms with Gasteiger partial charge in [-0.05, 0) is 18.4 Å². The molecule has 0 fully saturated rings. The minimum absolute atomic E-state index is 0.250. The normalized spacial score (nSPS) is 12.5. The van der Waals surface area contributed by atoms with Crippen LogP contribution in [0.2, 0.25) is 0 Å². The van der Waals surface area contributed by atoms with Gasteiger partial charge in [0.15, 0.2) is 0 Å². The van der Waals surface area contributed by atoms with Crippen LogP contribution < -0.4 is 0 Å². The second-order valence-electron chi connectivity index (χ2n) is 2.67. The van der Waals surface area contributed by atoms with E-state index in [4.69, 9.17) is 4.74 Å². The van der Waals surface area contributed by atoms with Crippen molar-refractivity contribution in [2.75, 3.05) is 6.61 Å². The molecular weight excluding hydrogens is 204 g/mol. The number of hydrogen-bond acceptors (Lipinski definition) is 4. The molecule has 0 radical (unpaired) electrons. The molecule has 1 aromatic heterocycles. The van der Waals surface area contributed by atoms with Gasteiger partial charge in [0, 0.05) is 11.3 Å². The van der Waals surface area contributed by atoms with Gasteiger partial charge in [0.05, 0.1) is 11.9 Å². The predicted molar refractivity (Wildman–Crippen MR) is 57.4 cm³/mol. The van der Waals surface area contributed by atoms with Crippen LogP contribution in [0.25, 0.3) is 0 Å². The molecule has 0 spiro atoms. The van der Waals surface area contributed by atoms with Gasteiger partial charge in [-0.15, -0.1) is 11.3 Å². The van der Waals surface area contributed by atoms with Gasteiger partial charge in [-0.1, -0.05) is 6.07 Å². The number of thiophene rings is 1. The first-order valence-electron chi connectivity index (χ1n) is 4.07. The second-order valence-corrected chi connectivity index (χ2v) is 4.48. The van der Waals surface area contributed by atoms with E-state index < -0.39 is 0 Å². The van der Waals surface area contributed by atoms with Crippen LogP contribution in [0.3, 0.4) is 0 Å². The van der Waals surface area contributed by atoms with Crippen molar-refractivity contribution in [3.05, 3.63) is 22.4 Å². The highest BCUT2D eigenvalue weighted by atomic mass is 32.1. The fourth-order valence-corrected chi connectivity index (χ4v) is 1.59. The fraction of sp³-hybridized carbons (Fsp3) is 0.444. The first-order valence-corrected chi connectivity index (χ1v) is 5.47. The van der Waals surface area contributed by atoms with E-state index in [-0.39, 0.29) is 11.2 Å². The number of ether oxygens (including phenoxy) is 1. The molecule has 13 heavy (non-hydrogen) atoms. The summed E-state index contributed by atoms with van der Waals surface area (Å²) in [4.78, 5) is 12.2. The van der Waals surface area contributed by atoms with Crippen molar-refractivity contribution in [3.63, 3.8) is 0 Å². The Balaban J connectivity index is 2.18. The molecule has 0 aromatic carbocycles. The molecule has 1 aromatic rings. The van der Waals surface area contributed by atoms with E-state index in [0.29, 0.717) is 6.61 Å². The summed E-state index contributed by atoms with van der Waals surface area (Å²) in [5.41, 5.74) is 0. The largest absolute Gasteiger partial charge is 0.464 e. The Morgan fingerprint density at radius 3 is 3.08 bits per heavy atom. The molecule has 1 atom stereocenters. The molecule has 0 aliphatic heterocycles. The number of carbonyl (C=O) groups is 1. The monoisotopic (exact) mass is 216 g/mol. The zero-order valence-corrected chi connectivity index (χ0v) is 9.11. The molecule has 1 heterocycles. The first kappa shape index (κ1) is 10.6. The molecule has 1 unspecified atom stereocenters. The molecule has 72 valence electrons. The summed E-state index contributed by atoms with van der Waals surface area (Å²) in [5.74, 6) is -0.250. The molecule has 0 saturated heterocycles. The minimum atomic E-state index is -0.330. The lowest BCUT2D eigenvalue weighted by Crippen LogP contribution is -2.15. The summed E-state index contributed by atoms with van der Waals surface area (Å²) in [7, 11) is 0. The molecule has 0 amide bonds. The number of rotatable bonds is 4. The van der Waals surface area contributed by atoms with Crippen LogP contribution in [0.5, 0.6) is 0 Å². The standard InChI is InChI=1S/C9H12O2S2/c1-7(12)9(10)11-5-4-8-3-2-6-13-8/h2-3,6-7,12H,4-5H2,1H3. The highest BCUT2D eigenvalue weighted by molar-refractivity contribution is 7.81. The summed E-state index contributed by atoms with van der Waals surface area (Å²) in [6, 6.07) is 4.02. The molecule has 0 aliphatic rings. The number of hydrogen-bond donors (Lipinski definition) is 1. The van der Waals surface area contributed by atoms with E-state index in [0.717, 1.165) is 6.42 Å².